The van der Waals surface area contributed by atoms with Crippen molar-refractivity contribution in [3.63, 3.8) is 0 Å². The summed E-state index contributed by atoms with van der Waals surface area (Å²) >= 11 is 0. The number of carbonyl (C=O) groups excluding carboxylic acids is 1. The van der Waals surface area contributed by atoms with Crippen molar-refractivity contribution in [1.29, 1.82) is 0 Å². The first-order valence-corrected chi connectivity index (χ1v) is 12.0. The smallest absolute Gasteiger partial charge is 0.406 e. The number of rotatable bonds is 9. The molecule has 0 fully saturated rings. The molecule has 0 aliphatic heterocycles. The highest BCUT2D eigenvalue weighted by molar-refractivity contribution is 5.94. The van der Waals surface area contributed by atoms with Crippen LogP contribution in [0.2, 0.25) is 0 Å². The fourth-order valence-corrected chi connectivity index (χ4v) is 4.49. The van der Waals surface area contributed by atoms with Gasteiger partial charge in [-0.2, -0.15) is 0 Å². The fraction of sp³-hybridized carbons (Fsp3) is 0.167. The second-order valence-corrected chi connectivity index (χ2v) is 8.94. The van der Waals surface area contributed by atoms with Crippen LogP contribution in [-0.4, -0.2) is 25.2 Å². The molecule has 0 radical (unpaired) electrons. The van der Waals surface area contributed by atoms with Gasteiger partial charge in [-0.1, -0.05) is 72.8 Å². The quantitative estimate of drug-likeness (QED) is 0.217. The molecule has 208 valence electrons. The van der Waals surface area contributed by atoms with Crippen molar-refractivity contribution >= 4 is 5.91 Å². The lowest BCUT2D eigenvalue weighted by Gasteiger charge is -2.36. The molecule has 1 N–H and O–H groups in total. The average molecular weight is 560 g/mol. The van der Waals surface area contributed by atoms with E-state index in [0.717, 1.165) is 17.7 Å². The van der Waals surface area contributed by atoms with E-state index in [9.17, 15) is 31.1 Å². The maximum atomic E-state index is 13.1. The summed E-state index contributed by atoms with van der Waals surface area (Å²) in [5.74, 6) is -1.50. The van der Waals surface area contributed by atoms with Crippen LogP contribution in [0.25, 0.3) is 0 Å². The summed E-state index contributed by atoms with van der Waals surface area (Å²) in [5.41, 5.74) is 0.258. The molecule has 0 saturated heterocycles. The number of ether oxygens (including phenoxy) is 2. The molecule has 0 saturated carbocycles. The molecule has 0 aliphatic carbocycles. The zero-order valence-electron chi connectivity index (χ0n) is 20.8. The van der Waals surface area contributed by atoms with Gasteiger partial charge in [0, 0.05) is 17.5 Å². The normalized spacial score (nSPS) is 12.1. The van der Waals surface area contributed by atoms with Crippen molar-refractivity contribution in [2.24, 2.45) is 0 Å². The Kier molecular flexibility index (Phi) is 8.37. The predicted octanol–water partition coefficient (Wildman–Crippen LogP) is 7.44. The second kappa shape index (κ2) is 11.7. The SMILES string of the molecule is O=C(NCC(Cc1ccccc1)(c1cccc(OC(F)(F)F)c1)c1cccc(OC(F)(F)F)c1)c1ccccc1. The van der Waals surface area contributed by atoms with Crippen LogP contribution < -0.4 is 14.8 Å². The molecule has 0 atom stereocenters. The van der Waals surface area contributed by atoms with Crippen LogP contribution in [0.15, 0.2) is 109 Å². The number of halogens is 6. The van der Waals surface area contributed by atoms with Crippen molar-refractivity contribution < 1.29 is 40.6 Å². The third-order valence-corrected chi connectivity index (χ3v) is 6.18. The number of benzene rings is 4. The maximum Gasteiger partial charge on any atom is 0.573 e. The molecule has 10 heteroatoms. The number of amides is 1. The van der Waals surface area contributed by atoms with Crippen molar-refractivity contribution in [3.8, 4) is 11.5 Å². The van der Waals surface area contributed by atoms with Gasteiger partial charge < -0.3 is 14.8 Å². The highest BCUT2D eigenvalue weighted by Gasteiger charge is 2.38. The number of hydrogen-bond acceptors (Lipinski definition) is 3. The molecule has 0 bridgehead atoms. The van der Waals surface area contributed by atoms with E-state index in [-0.39, 0.29) is 24.1 Å². The van der Waals surface area contributed by atoms with Crippen LogP contribution in [0.1, 0.15) is 27.0 Å². The van der Waals surface area contributed by atoms with E-state index in [1.807, 2.05) is 0 Å². The molecule has 4 rings (SSSR count). The van der Waals surface area contributed by atoms with Gasteiger partial charge in [-0.05, 0) is 59.5 Å². The summed E-state index contributed by atoms with van der Waals surface area (Å²) in [5, 5.41) is 2.83. The fourth-order valence-electron chi connectivity index (χ4n) is 4.49. The highest BCUT2D eigenvalue weighted by atomic mass is 19.4. The van der Waals surface area contributed by atoms with Crippen LogP contribution in [-0.2, 0) is 11.8 Å². The van der Waals surface area contributed by atoms with Crippen LogP contribution in [0, 0.1) is 0 Å². The van der Waals surface area contributed by atoms with Crippen molar-refractivity contribution in [2.75, 3.05) is 6.54 Å². The van der Waals surface area contributed by atoms with Gasteiger partial charge >= 0.3 is 12.7 Å². The van der Waals surface area contributed by atoms with Crippen molar-refractivity contribution in [1.82, 2.24) is 5.32 Å². The third-order valence-electron chi connectivity index (χ3n) is 6.18. The lowest BCUT2D eigenvalue weighted by molar-refractivity contribution is -0.275. The van der Waals surface area contributed by atoms with Gasteiger partial charge in [-0.15, -0.1) is 26.3 Å². The molecular formula is C30H23F6NO3. The predicted molar refractivity (Wildman–Crippen MR) is 136 cm³/mol. The molecule has 0 heterocycles. The zero-order valence-corrected chi connectivity index (χ0v) is 20.8. The number of hydrogen-bond donors (Lipinski definition) is 1. The first-order chi connectivity index (χ1) is 18.9. The number of nitrogens with one attached hydrogen (secondary N) is 1. The van der Waals surface area contributed by atoms with Gasteiger partial charge in [-0.25, -0.2) is 0 Å². The van der Waals surface area contributed by atoms with E-state index < -0.39 is 35.5 Å². The number of alkyl halides is 6. The number of carbonyl (C=O) groups is 1. The van der Waals surface area contributed by atoms with E-state index in [1.54, 1.807) is 60.7 Å². The summed E-state index contributed by atoms with van der Waals surface area (Å²) in [6.45, 7) is -0.180. The zero-order chi connectivity index (χ0) is 28.8. The largest absolute Gasteiger partial charge is 0.573 e. The summed E-state index contributed by atoms with van der Waals surface area (Å²) in [6.07, 6.45) is -9.83. The van der Waals surface area contributed by atoms with Gasteiger partial charge in [0.05, 0.1) is 0 Å². The molecule has 1 amide bonds. The topological polar surface area (TPSA) is 47.6 Å². The van der Waals surface area contributed by atoms with Crippen LogP contribution >= 0.6 is 0 Å². The van der Waals surface area contributed by atoms with Gasteiger partial charge in [0.1, 0.15) is 11.5 Å². The third kappa shape index (κ3) is 7.56. The Morgan fingerprint density at radius 1 is 0.625 bits per heavy atom. The van der Waals surface area contributed by atoms with E-state index in [4.69, 9.17) is 0 Å². The molecule has 4 nitrogen and oxygen atoms in total. The second-order valence-electron chi connectivity index (χ2n) is 8.94. The first-order valence-electron chi connectivity index (χ1n) is 12.0. The summed E-state index contributed by atoms with van der Waals surface area (Å²) in [7, 11) is 0. The Bertz CT molecular complexity index is 1360. The highest BCUT2D eigenvalue weighted by Crippen LogP contribution is 2.40. The molecule has 0 spiro atoms. The van der Waals surface area contributed by atoms with Gasteiger partial charge in [0.2, 0.25) is 0 Å². The Morgan fingerprint density at radius 2 is 1.10 bits per heavy atom. The van der Waals surface area contributed by atoms with Crippen molar-refractivity contribution in [2.45, 2.75) is 24.6 Å². The van der Waals surface area contributed by atoms with Gasteiger partial charge in [0.15, 0.2) is 0 Å². The Balaban J connectivity index is 1.88. The summed E-state index contributed by atoms with van der Waals surface area (Å²) in [6, 6.07) is 27.5. The van der Waals surface area contributed by atoms with Crippen LogP contribution in [0.5, 0.6) is 11.5 Å². The lowest BCUT2D eigenvalue weighted by Crippen LogP contribution is -2.43. The monoisotopic (exact) mass is 559 g/mol. The van der Waals surface area contributed by atoms with Crippen LogP contribution in [0.4, 0.5) is 26.3 Å². The maximum absolute atomic E-state index is 13.1. The average Bonchev–Trinajstić information content (AvgIpc) is 2.90. The van der Waals surface area contributed by atoms with E-state index in [1.165, 1.54) is 36.4 Å². The molecule has 4 aromatic rings. The lowest BCUT2D eigenvalue weighted by atomic mass is 9.70. The van der Waals surface area contributed by atoms with Crippen molar-refractivity contribution in [3.05, 3.63) is 131 Å². The minimum Gasteiger partial charge on any atom is -0.406 e. The van der Waals surface area contributed by atoms with Crippen LogP contribution in [0.3, 0.4) is 0 Å². The van der Waals surface area contributed by atoms with E-state index in [2.05, 4.69) is 14.8 Å². The minimum atomic E-state index is -4.97. The first kappa shape index (κ1) is 28.5. The minimum absolute atomic E-state index is 0.105. The Hall–Kier alpha value is -4.47. The van der Waals surface area contributed by atoms with E-state index >= 15 is 0 Å². The van der Waals surface area contributed by atoms with E-state index in [0.29, 0.717) is 5.56 Å². The molecule has 40 heavy (non-hydrogen) atoms. The molecule has 0 aliphatic rings. The molecular weight excluding hydrogens is 536 g/mol. The molecule has 4 aromatic carbocycles. The molecule has 0 aromatic heterocycles. The molecule has 0 unspecified atom stereocenters. The standard InChI is InChI=1S/C30H23F6NO3/c31-29(32,33)39-25-15-7-13-23(17-25)28(19-21-9-3-1-4-10-21,20-37-27(38)22-11-5-2-6-12-22)24-14-8-16-26(18-24)40-30(34,35)36/h1-18H,19-20H2,(H,37,38). The summed E-state index contributed by atoms with van der Waals surface area (Å²) in [4.78, 5) is 13.1. The van der Waals surface area contributed by atoms with Gasteiger partial charge in [0.25, 0.3) is 5.91 Å². The summed E-state index contributed by atoms with van der Waals surface area (Å²) < 4.78 is 86.8. The van der Waals surface area contributed by atoms with Gasteiger partial charge in [-0.3, -0.25) is 4.79 Å². The Labute approximate surface area is 226 Å². The Morgan fingerprint density at radius 3 is 1.57 bits per heavy atom.